The Morgan fingerprint density at radius 2 is 2.00 bits per heavy atom. The number of ether oxygens (including phenoxy) is 1. The van der Waals surface area contributed by atoms with E-state index in [-0.39, 0.29) is 5.60 Å². The standard InChI is InChI=1S/C15H28N2O/c1-14(8-9-16-12-14)17-13-5-10-18-15(11-13)6-3-2-4-7-15/h13,16-17H,2-12H2,1H3. The van der Waals surface area contributed by atoms with Crippen LogP contribution in [-0.4, -0.2) is 36.9 Å². The lowest BCUT2D eigenvalue weighted by Gasteiger charge is -2.45. The quantitative estimate of drug-likeness (QED) is 0.790. The summed E-state index contributed by atoms with van der Waals surface area (Å²) in [5.74, 6) is 0. The third-order valence-corrected chi connectivity index (χ3v) is 5.18. The van der Waals surface area contributed by atoms with Crippen LogP contribution in [-0.2, 0) is 4.74 Å². The molecule has 0 aromatic carbocycles. The van der Waals surface area contributed by atoms with E-state index in [9.17, 15) is 0 Å². The van der Waals surface area contributed by atoms with Crippen LogP contribution in [0.2, 0.25) is 0 Å². The van der Waals surface area contributed by atoms with E-state index in [1.807, 2.05) is 0 Å². The van der Waals surface area contributed by atoms with Crippen molar-refractivity contribution in [1.29, 1.82) is 0 Å². The van der Waals surface area contributed by atoms with E-state index in [1.165, 1.54) is 51.4 Å². The van der Waals surface area contributed by atoms with Gasteiger partial charge in [0.1, 0.15) is 0 Å². The average Bonchev–Trinajstić information content (AvgIpc) is 2.77. The molecule has 2 unspecified atom stereocenters. The average molecular weight is 252 g/mol. The van der Waals surface area contributed by atoms with Gasteiger partial charge >= 0.3 is 0 Å². The highest BCUT2D eigenvalue weighted by Gasteiger charge is 2.40. The molecule has 2 saturated heterocycles. The Kier molecular flexibility index (Phi) is 3.65. The van der Waals surface area contributed by atoms with Gasteiger partial charge in [-0.05, 0) is 45.6 Å². The van der Waals surface area contributed by atoms with Crippen molar-refractivity contribution in [1.82, 2.24) is 10.6 Å². The van der Waals surface area contributed by atoms with Crippen LogP contribution in [0.25, 0.3) is 0 Å². The molecule has 0 aromatic heterocycles. The minimum absolute atomic E-state index is 0.233. The lowest BCUT2D eigenvalue weighted by Crippen LogP contribution is -2.55. The molecule has 2 heterocycles. The predicted octanol–water partition coefficient (Wildman–Crippen LogP) is 2.21. The molecule has 3 rings (SSSR count). The summed E-state index contributed by atoms with van der Waals surface area (Å²) in [6, 6.07) is 0.668. The number of rotatable bonds is 2. The maximum atomic E-state index is 6.18. The van der Waals surface area contributed by atoms with Crippen LogP contribution in [0.5, 0.6) is 0 Å². The van der Waals surface area contributed by atoms with E-state index < -0.39 is 0 Å². The zero-order valence-electron chi connectivity index (χ0n) is 11.8. The van der Waals surface area contributed by atoms with Gasteiger partial charge in [-0.15, -0.1) is 0 Å². The maximum Gasteiger partial charge on any atom is 0.0697 e. The molecule has 2 N–H and O–H groups in total. The largest absolute Gasteiger partial charge is 0.375 e. The SMILES string of the molecule is CC1(NC2CCOC3(CCCCC3)C2)CCNC1. The van der Waals surface area contributed by atoms with Crippen molar-refractivity contribution in [3.8, 4) is 0 Å². The zero-order chi connectivity index (χ0) is 12.5. The molecule has 3 heteroatoms. The second-order valence-electron chi connectivity index (χ2n) is 6.91. The van der Waals surface area contributed by atoms with E-state index >= 15 is 0 Å². The highest BCUT2D eigenvalue weighted by molar-refractivity contribution is 4.98. The highest BCUT2D eigenvalue weighted by atomic mass is 16.5. The van der Waals surface area contributed by atoms with E-state index in [1.54, 1.807) is 0 Å². The Morgan fingerprint density at radius 1 is 1.17 bits per heavy atom. The third kappa shape index (κ3) is 2.73. The minimum Gasteiger partial charge on any atom is -0.375 e. The van der Waals surface area contributed by atoms with Gasteiger partial charge in [0.15, 0.2) is 0 Å². The van der Waals surface area contributed by atoms with Crippen LogP contribution in [0, 0.1) is 0 Å². The fourth-order valence-corrected chi connectivity index (χ4v) is 4.13. The van der Waals surface area contributed by atoms with Gasteiger partial charge in [0.25, 0.3) is 0 Å². The molecule has 1 spiro atoms. The van der Waals surface area contributed by atoms with Crippen molar-refractivity contribution in [2.24, 2.45) is 0 Å². The van der Waals surface area contributed by atoms with Crippen LogP contribution in [0.4, 0.5) is 0 Å². The number of hydrogen-bond donors (Lipinski definition) is 2. The lowest BCUT2D eigenvalue weighted by atomic mass is 9.78. The molecule has 104 valence electrons. The van der Waals surface area contributed by atoms with Gasteiger partial charge < -0.3 is 15.4 Å². The summed E-state index contributed by atoms with van der Waals surface area (Å²) in [6.07, 6.45) is 10.4. The zero-order valence-corrected chi connectivity index (χ0v) is 11.8. The summed E-state index contributed by atoms with van der Waals surface area (Å²) in [7, 11) is 0. The molecule has 2 atom stereocenters. The van der Waals surface area contributed by atoms with Crippen LogP contribution >= 0.6 is 0 Å². The Balaban J connectivity index is 1.59. The van der Waals surface area contributed by atoms with Gasteiger partial charge in [-0.3, -0.25) is 0 Å². The Hall–Kier alpha value is -0.120. The fraction of sp³-hybridized carbons (Fsp3) is 1.00. The van der Waals surface area contributed by atoms with Crippen molar-refractivity contribution in [2.75, 3.05) is 19.7 Å². The predicted molar refractivity (Wildman–Crippen MR) is 73.8 cm³/mol. The summed E-state index contributed by atoms with van der Waals surface area (Å²) >= 11 is 0. The van der Waals surface area contributed by atoms with E-state index in [0.29, 0.717) is 11.6 Å². The van der Waals surface area contributed by atoms with Gasteiger partial charge in [-0.25, -0.2) is 0 Å². The molecule has 3 aliphatic rings. The Bertz CT molecular complexity index is 275. The molecule has 18 heavy (non-hydrogen) atoms. The molecule has 0 aromatic rings. The molecular weight excluding hydrogens is 224 g/mol. The molecule has 2 aliphatic heterocycles. The van der Waals surface area contributed by atoms with Gasteiger partial charge in [0, 0.05) is 24.7 Å². The normalized spacial score (nSPS) is 40.2. The summed E-state index contributed by atoms with van der Waals surface area (Å²) in [5.41, 5.74) is 0.550. The fourth-order valence-electron chi connectivity index (χ4n) is 4.13. The molecule has 3 fully saturated rings. The smallest absolute Gasteiger partial charge is 0.0697 e. The molecule has 1 aliphatic carbocycles. The number of hydrogen-bond acceptors (Lipinski definition) is 3. The lowest BCUT2D eigenvalue weighted by molar-refractivity contribution is -0.111. The van der Waals surface area contributed by atoms with Crippen molar-refractivity contribution in [3.63, 3.8) is 0 Å². The van der Waals surface area contributed by atoms with Crippen LogP contribution in [0.1, 0.15) is 58.3 Å². The second kappa shape index (κ2) is 5.10. The minimum atomic E-state index is 0.233. The first-order valence-corrected chi connectivity index (χ1v) is 7.82. The molecule has 3 nitrogen and oxygen atoms in total. The Morgan fingerprint density at radius 3 is 2.72 bits per heavy atom. The van der Waals surface area contributed by atoms with Gasteiger partial charge in [0.05, 0.1) is 5.60 Å². The first-order chi connectivity index (χ1) is 8.70. The first-order valence-electron chi connectivity index (χ1n) is 7.82. The molecule has 0 radical (unpaired) electrons. The topological polar surface area (TPSA) is 33.3 Å². The Labute approximate surface area is 111 Å². The molecule has 1 saturated carbocycles. The molecule has 0 bridgehead atoms. The van der Waals surface area contributed by atoms with Crippen molar-refractivity contribution in [2.45, 2.75) is 75.5 Å². The maximum absolute atomic E-state index is 6.18. The molecule has 0 amide bonds. The monoisotopic (exact) mass is 252 g/mol. The highest BCUT2D eigenvalue weighted by Crippen LogP contribution is 2.39. The summed E-state index contributed by atoms with van der Waals surface area (Å²) in [6.45, 7) is 5.62. The third-order valence-electron chi connectivity index (χ3n) is 5.18. The first kappa shape index (κ1) is 12.9. The molecular formula is C15H28N2O. The number of nitrogens with one attached hydrogen (secondary N) is 2. The van der Waals surface area contributed by atoms with E-state index in [0.717, 1.165) is 19.7 Å². The van der Waals surface area contributed by atoms with Crippen LogP contribution in [0.15, 0.2) is 0 Å². The van der Waals surface area contributed by atoms with Gasteiger partial charge in [-0.2, -0.15) is 0 Å². The van der Waals surface area contributed by atoms with E-state index in [4.69, 9.17) is 4.74 Å². The summed E-state index contributed by atoms with van der Waals surface area (Å²) in [4.78, 5) is 0. The van der Waals surface area contributed by atoms with Crippen molar-refractivity contribution < 1.29 is 4.74 Å². The van der Waals surface area contributed by atoms with Crippen molar-refractivity contribution >= 4 is 0 Å². The summed E-state index contributed by atoms with van der Waals surface area (Å²) in [5, 5.41) is 7.40. The van der Waals surface area contributed by atoms with Crippen LogP contribution in [0.3, 0.4) is 0 Å². The second-order valence-corrected chi connectivity index (χ2v) is 6.91. The van der Waals surface area contributed by atoms with Gasteiger partial charge in [-0.1, -0.05) is 19.3 Å². The van der Waals surface area contributed by atoms with Crippen molar-refractivity contribution in [3.05, 3.63) is 0 Å². The van der Waals surface area contributed by atoms with E-state index in [2.05, 4.69) is 17.6 Å². The summed E-state index contributed by atoms with van der Waals surface area (Å²) < 4.78 is 6.18. The van der Waals surface area contributed by atoms with Gasteiger partial charge in [0.2, 0.25) is 0 Å². The van der Waals surface area contributed by atoms with Crippen LogP contribution < -0.4 is 10.6 Å².